The van der Waals surface area contributed by atoms with Crippen molar-refractivity contribution in [2.75, 3.05) is 11.1 Å². The van der Waals surface area contributed by atoms with Gasteiger partial charge in [-0.25, -0.2) is 0 Å². The number of hydrogen-bond donors (Lipinski definition) is 3. The summed E-state index contributed by atoms with van der Waals surface area (Å²) >= 11 is 0. The summed E-state index contributed by atoms with van der Waals surface area (Å²) in [5, 5.41) is 22.0. The molecule has 2 unspecified atom stereocenters. The molecule has 4 N–H and O–H groups in total. The molecule has 1 aromatic rings. The van der Waals surface area contributed by atoms with Gasteiger partial charge < -0.3 is 16.2 Å². The number of anilines is 2. The highest BCUT2D eigenvalue weighted by molar-refractivity contribution is 5.63. The Morgan fingerprint density at radius 2 is 2.24 bits per heavy atom. The molecule has 17 heavy (non-hydrogen) atoms. The third-order valence-corrected chi connectivity index (χ3v) is 3.71. The Morgan fingerprint density at radius 1 is 1.53 bits per heavy atom. The van der Waals surface area contributed by atoms with E-state index in [1.165, 1.54) is 0 Å². The zero-order valence-corrected chi connectivity index (χ0v) is 10.1. The van der Waals surface area contributed by atoms with Crippen molar-refractivity contribution in [2.24, 2.45) is 5.41 Å². The molecule has 1 fully saturated rings. The van der Waals surface area contributed by atoms with E-state index in [0.29, 0.717) is 17.7 Å². The Bertz CT molecular complexity index is 476. The van der Waals surface area contributed by atoms with Gasteiger partial charge >= 0.3 is 0 Å². The van der Waals surface area contributed by atoms with E-state index in [1.54, 1.807) is 12.1 Å². The molecule has 1 saturated carbocycles. The Morgan fingerprint density at radius 3 is 2.76 bits per heavy atom. The maximum atomic E-state index is 9.67. The Balaban J connectivity index is 2.18. The van der Waals surface area contributed by atoms with Crippen LogP contribution >= 0.6 is 0 Å². The van der Waals surface area contributed by atoms with Crippen LogP contribution in [0.4, 0.5) is 11.4 Å². The van der Waals surface area contributed by atoms with Gasteiger partial charge in [0.15, 0.2) is 0 Å². The number of nitrogens with one attached hydrogen (secondary N) is 1. The molecule has 1 aromatic carbocycles. The topological polar surface area (TPSA) is 82.1 Å². The van der Waals surface area contributed by atoms with Crippen molar-refractivity contribution in [3.05, 3.63) is 23.8 Å². The predicted molar refractivity (Wildman–Crippen MR) is 67.4 cm³/mol. The number of rotatable bonds is 2. The number of aliphatic hydroxyl groups excluding tert-OH is 1. The van der Waals surface area contributed by atoms with Gasteiger partial charge in [-0.05, 0) is 24.6 Å². The van der Waals surface area contributed by atoms with Crippen LogP contribution in [0.2, 0.25) is 0 Å². The molecule has 0 saturated heterocycles. The molecule has 2 rings (SSSR count). The highest BCUT2D eigenvalue weighted by atomic mass is 16.3. The molecule has 0 heterocycles. The van der Waals surface area contributed by atoms with Crippen LogP contribution in [0.15, 0.2) is 18.2 Å². The molecule has 4 heteroatoms. The third kappa shape index (κ3) is 1.94. The summed E-state index contributed by atoms with van der Waals surface area (Å²) in [4.78, 5) is 0. The van der Waals surface area contributed by atoms with Gasteiger partial charge in [-0.2, -0.15) is 5.26 Å². The fraction of sp³-hybridized carbons (Fsp3) is 0.462. The van der Waals surface area contributed by atoms with Crippen LogP contribution in [0.5, 0.6) is 0 Å². The maximum Gasteiger partial charge on any atom is 0.101 e. The highest BCUT2D eigenvalue weighted by Gasteiger charge is 2.47. The third-order valence-electron chi connectivity index (χ3n) is 3.71. The second-order valence-electron chi connectivity index (χ2n) is 5.19. The van der Waals surface area contributed by atoms with Crippen LogP contribution < -0.4 is 11.1 Å². The molecule has 4 nitrogen and oxygen atoms in total. The monoisotopic (exact) mass is 231 g/mol. The second-order valence-corrected chi connectivity index (χ2v) is 5.19. The Hall–Kier alpha value is -1.73. The van der Waals surface area contributed by atoms with Crippen LogP contribution in [0.1, 0.15) is 25.8 Å². The Kier molecular flexibility index (Phi) is 2.72. The molecule has 0 spiro atoms. The summed E-state index contributed by atoms with van der Waals surface area (Å²) in [5.74, 6) is 0. The molecule has 2 atom stereocenters. The van der Waals surface area contributed by atoms with E-state index in [-0.39, 0.29) is 17.6 Å². The summed E-state index contributed by atoms with van der Waals surface area (Å²) < 4.78 is 0. The summed E-state index contributed by atoms with van der Waals surface area (Å²) in [7, 11) is 0. The van der Waals surface area contributed by atoms with Crippen LogP contribution in [0, 0.1) is 16.7 Å². The second kappa shape index (κ2) is 3.94. The van der Waals surface area contributed by atoms with Crippen LogP contribution in [0.3, 0.4) is 0 Å². The minimum Gasteiger partial charge on any atom is -0.399 e. The van der Waals surface area contributed by atoms with Gasteiger partial charge in [-0.3, -0.25) is 0 Å². The first kappa shape index (κ1) is 11.7. The van der Waals surface area contributed by atoms with Gasteiger partial charge in [-0.15, -0.1) is 0 Å². The molecule has 1 aliphatic carbocycles. The molecular formula is C13H17N3O. The zero-order valence-electron chi connectivity index (χ0n) is 10.1. The number of nitrogens with zero attached hydrogens (tertiary/aromatic N) is 1. The van der Waals surface area contributed by atoms with E-state index in [2.05, 4.69) is 11.4 Å². The van der Waals surface area contributed by atoms with Crippen LogP contribution in [0.25, 0.3) is 0 Å². The molecule has 0 aliphatic heterocycles. The van der Waals surface area contributed by atoms with E-state index < -0.39 is 0 Å². The predicted octanol–water partition coefficient (Wildman–Crippen LogP) is 1.71. The summed E-state index contributed by atoms with van der Waals surface area (Å²) in [6.07, 6.45) is 0.432. The van der Waals surface area contributed by atoms with Gasteiger partial charge in [0.05, 0.1) is 17.4 Å². The van der Waals surface area contributed by atoms with Crippen molar-refractivity contribution in [1.82, 2.24) is 0 Å². The number of nitriles is 1. The lowest BCUT2D eigenvalue weighted by molar-refractivity contribution is -0.0510. The van der Waals surface area contributed by atoms with Crippen molar-refractivity contribution in [2.45, 2.75) is 32.4 Å². The minimum absolute atomic E-state index is 0.159. The summed E-state index contributed by atoms with van der Waals surface area (Å²) in [5.41, 5.74) is 7.39. The van der Waals surface area contributed by atoms with Gasteiger partial charge in [-0.1, -0.05) is 13.8 Å². The smallest absolute Gasteiger partial charge is 0.101 e. The SMILES string of the molecule is CC1(C)C(O)CC1Nc1ccc(N)cc1C#N. The van der Waals surface area contributed by atoms with Crippen molar-refractivity contribution in [3.8, 4) is 6.07 Å². The van der Waals surface area contributed by atoms with Crippen LogP contribution in [-0.2, 0) is 0 Å². The fourth-order valence-electron chi connectivity index (χ4n) is 2.12. The number of hydrogen-bond acceptors (Lipinski definition) is 4. The quantitative estimate of drug-likeness (QED) is 0.677. The maximum absolute atomic E-state index is 9.67. The molecule has 90 valence electrons. The number of benzene rings is 1. The van der Waals surface area contributed by atoms with Crippen molar-refractivity contribution in [3.63, 3.8) is 0 Å². The van der Waals surface area contributed by atoms with E-state index in [4.69, 9.17) is 11.0 Å². The first-order chi connectivity index (χ1) is 7.95. The number of nitrogens with two attached hydrogens (primary N) is 1. The average molecular weight is 231 g/mol. The average Bonchev–Trinajstić information content (AvgIpc) is 2.30. The first-order valence-electron chi connectivity index (χ1n) is 5.69. The lowest BCUT2D eigenvalue weighted by Crippen LogP contribution is -2.56. The van der Waals surface area contributed by atoms with E-state index in [9.17, 15) is 5.11 Å². The molecule has 0 amide bonds. The van der Waals surface area contributed by atoms with Gasteiger partial charge in [0.1, 0.15) is 6.07 Å². The first-order valence-corrected chi connectivity index (χ1v) is 5.69. The van der Waals surface area contributed by atoms with Gasteiger partial charge in [0, 0.05) is 17.1 Å². The van der Waals surface area contributed by atoms with E-state index >= 15 is 0 Å². The Labute approximate surface area is 101 Å². The molecule has 0 radical (unpaired) electrons. The van der Waals surface area contributed by atoms with Crippen molar-refractivity contribution in [1.29, 1.82) is 5.26 Å². The van der Waals surface area contributed by atoms with Gasteiger partial charge in [0.2, 0.25) is 0 Å². The molecular weight excluding hydrogens is 214 g/mol. The van der Waals surface area contributed by atoms with Gasteiger partial charge in [0.25, 0.3) is 0 Å². The van der Waals surface area contributed by atoms with Crippen LogP contribution in [-0.4, -0.2) is 17.3 Å². The fourth-order valence-corrected chi connectivity index (χ4v) is 2.12. The van der Waals surface area contributed by atoms with E-state index in [1.807, 2.05) is 19.9 Å². The number of nitrogen functional groups attached to an aromatic ring is 1. The minimum atomic E-state index is -0.278. The largest absolute Gasteiger partial charge is 0.399 e. The number of aliphatic hydroxyl groups is 1. The summed E-state index contributed by atoms with van der Waals surface area (Å²) in [6.45, 7) is 4.03. The van der Waals surface area contributed by atoms with Crippen molar-refractivity contribution >= 4 is 11.4 Å². The highest BCUT2D eigenvalue weighted by Crippen LogP contribution is 2.42. The standard InChI is InChI=1S/C13H17N3O/c1-13(2)11(6-12(13)17)16-10-4-3-9(15)5-8(10)7-14/h3-5,11-12,16-17H,6,15H2,1-2H3. The lowest BCUT2D eigenvalue weighted by Gasteiger charge is -2.50. The molecule has 0 aromatic heterocycles. The van der Waals surface area contributed by atoms with E-state index in [0.717, 1.165) is 5.69 Å². The molecule has 0 bridgehead atoms. The normalized spacial score (nSPS) is 25.8. The molecule has 1 aliphatic rings. The summed E-state index contributed by atoms with van der Waals surface area (Å²) in [6, 6.07) is 7.55. The van der Waals surface area contributed by atoms with Crippen molar-refractivity contribution < 1.29 is 5.11 Å². The lowest BCUT2D eigenvalue weighted by atomic mass is 9.64. The zero-order chi connectivity index (χ0) is 12.6.